The summed E-state index contributed by atoms with van der Waals surface area (Å²) in [7, 11) is 0. The Labute approximate surface area is 106 Å². The molecular formula is C12H17ClN2O2. The first kappa shape index (κ1) is 13.8. The van der Waals surface area contributed by atoms with Crippen LogP contribution in [0.1, 0.15) is 20.3 Å². The van der Waals surface area contributed by atoms with E-state index in [1.807, 2.05) is 13.8 Å². The summed E-state index contributed by atoms with van der Waals surface area (Å²) in [5.74, 6) is -0.271. The number of hydrogen-bond donors (Lipinski definition) is 3. The fourth-order valence-corrected chi connectivity index (χ4v) is 1.51. The fraction of sp³-hybridized carbons (Fsp3) is 0.417. The summed E-state index contributed by atoms with van der Waals surface area (Å²) >= 11 is 5.78. The molecule has 0 aliphatic rings. The molecule has 0 fully saturated rings. The number of rotatable bonds is 4. The minimum atomic E-state index is -0.599. The second kappa shape index (κ2) is 5.89. The van der Waals surface area contributed by atoms with Crippen molar-refractivity contribution in [3.63, 3.8) is 0 Å². The fourth-order valence-electron chi connectivity index (χ4n) is 1.34. The Bertz CT molecular complexity index is 409. The van der Waals surface area contributed by atoms with Crippen molar-refractivity contribution in [1.82, 2.24) is 0 Å². The van der Waals surface area contributed by atoms with Crippen LogP contribution < -0.4 is 11.1 Å². The molecule has 17 heavy (non-hydrogen) atoms. The van der Waals surface area contributed by atoms with Crippen molar-refractivity contribution >= 4 is 23.2 Å². The van der Waals surface area contributed by atoms with E-state index in [0.29, 0.717) is 5.02 Å². The maximum Gasteiger partial charge on any atom is 0.241 e. The molecule has 5 heteroatoms. The van der Waals surface area contributed by atoms with Crippen LogP contribution >= 0.6 is 11.6 Å². The number of carbonyl (C=O) groups is 1. The zero-order chi connectivity index (χ0) is 13.0. The molecule has 1 amide bonds. The van der Waals surface area contributed by atoms with Crippen LogP contribution in [0.3, 0.4) is 0 Å². The van der Waals surface area contributed by atoms with Gasteiger partial charge in [0.1, 0.15) is 5.75 Å². The SMILES string of the molecule is CCC(C)C(N)C(=O)Nc1cc(Cl)ccc1O. The molecule has 0 radical (unpaired) electrons. The van der Waals surface area contributed by atoms with Crippen LogP contribution in [0.5, 0.6) is 5.75 Å². The summed E-state index contributed by atoms with van der Waals surface area (Å²) in [5.41, 5.74) is 6.06. The number of carbonyl (C=O) groups excluding carboxylic acids is 1. The van der Waals surface area contributed by atoms with Crippen LogP contribution in [0.25, 0.3) is 0 Å². The van der Waals surface area contributed by atoms with Gasteiger partial charge in [-0.2, -0.15) is 0 Å². The molecule has 0 spiro atoms. The van der Waals surface area contributed by atoms with Crippen molar-refractivity contribution in [2.24, 2.45) is 11.7 Å². The van der Waals surface area contributed by atoms with Gasteiger partial charge in [-0.1, -0.05) is 31.9 Å². The van der Waals surface area contributed by atoms with Gasteiger partial charge in [-0.05, 0) is 24.1 Å². The van der Waals surface area contributed by atoms with E-state index in [-0.39, 0.29) is 23.3 Å². The minimum Gasteiger partial charge on any atom is -0.506 e. The van der Waals surface area contributed by atoms with Gasteiger partial charge in [-0.25, -0.2) is 0 Å². The number of phenols is 1. The van der Waals surface area contributed by atoms with E-state index in [1.54, 1.807) is 6.07 Å². The third-order valence-electron chi connectivity index (χ3n) is 2.78. The predicted molar refractivity (Wildman–Crippen MR) is 69.2 cm³/mol. The van der Waals surface area contributed by atoms with E-state index in [1.165, 1.54) is 12.1 Å². The summed E-state index contributed by atoms with van der Waals surface area (Å²) < 4.78 is 0. The van der Waals surface area contributed by atoms with Gasteiger partial charge in [0.15, 0.2) is 0 Å². The number of halogens is 1. The first-order chi connectivity index (χ1) is 7.95. The number of hydrogen-bond acceptors (Lipinski definition) is 3. The molecule has 0 aliphatic heterocycles. The van der Waals surface area contributed by atoms with Crippen molar-refractivity contribution in [2.45, 2.75) is 26.3 Å². The zero-order valence-electron chi connectivity index (χ0n) is 9.90. The zero-order valence-corrected chi connectivity index (χ0v) is 10.7. The van der Waals surface area contributed by atoms with Gasteiger partial charge in [0, 0.05) is 5.02 Å². The number of benzene rings is 1. The standard InChI is InChI=1S/C12H17ClN2O2/c1-3-7(2)11(14)12(17)15-9-6-8(13)4-5-10(9)16/h4-7,11,16H,3,14H2,1-2H3,(H,15,17). The molecule has 0 saturated heterocycles. The molecule has 0 aromatic heterocycles. The lowest BCUT2D eigenvalue weighted by molar-refractivity contribution is -0.118. The Morgan fingerprint density at radius 2 is 2.24 bits per heavy atom. The number of nitrogens with one attached hydrogen (secondary N) is 1. The number of aromatic hydroxyl groups is 1. The van der Waals surface area contributed by atoms with E-state index < -0.39 is 6.04 Å². The molecule has 1 rings (SSSR count). The van der Waals surface area contributed by atoms with E-state index in [9.17, 15) is 9.90 Å². The Kier molecular flexibility index (Phi) is 4.78. The molecule has 94 valence electrons. The lowest BCUT2D eigenvalue weighted by Crippen LogP contribution is -2.40. The third-order valence-corrected chi connectivity index (χ3v) is 3.01. The maximum absolute atomic E-state index is 11.8. The molecular weight excluding hydrogens is 240 g/mol. The van der Waals surface area contributed by atoms with Crippen LogP contribution in [0.4, 0.5) is 5.69 Å². The van der Waals surface area contributed by atoms with E-state index in [0.717, 1.165) is 6.42 Å². The molecule has 0 bridgehead atoms. The minimum absolute atomic E-state index is 0.0286. The van der Waals surface area contributed by atoms with Crippen molar-refractivity contribution in [3.05, 3.63) is 23.2 Å². The normalized spacial score (nSPS) is 14.1. The number of anilines is 1. The van der Waals surface area contributed by atoms with Gasteiger partial charge in [0.05, 0.1) is 11.7 Å². The van der Waals surface area contributed by atoms with Gasteiger partial charge in [-0.3, -0.25) is 4.79 Å². The predicted octanol–water partition coefficient (Wildman–Crippen LogP) is 2.36. The Morgan fingerprint density at radius 3 is 2.82 bits per heavy atom. The van der Waals surface area contributed by atoms with Crippen LogP contribution in [0.2, 0.25) is 5.02 Å². The first-order valence-electron chi connectivity index (χ1n) is 5.50. The van der Waals surface area contributed by atoms with Crippen molar-refractivity contribution in [1.29, 1.82) is 0 Å². The summed E-state index contributed by atoms with van der Waals surface area (Å²) in [6.45, 7) is 3.87. The number of nitrogens with two attached hydrogens (primary N) is 1. The van der Waals surface area contributed by atoms with Crippen molar-refractivity contribution in [2.75, 3.05) is 5.32 Å². The summed E-state index contributed by atoms with van der Waals surface area (Å²) in [5, 5.41) is 12.6. The van der Waals surface area contributed by atoms with Gasteiger partial charge in [0.25, 0.3) is 0 Å². The average Bonchev–Trinajstić information content (AvgIpc) is 2.31. The molecule has 0 aliphatic carbocycles. The second-order valence-corrected chi connectivity index (χ2v) is 4.50. The van der Waals surface area contributed by atoms with Gasteiger partial charge < -0.3 is 16.2 Å². The van der Waals surface area contributed by atoms with Crippen molar-refractivity contribution in [3.8, 4) is 5.75 Å². The highest BCUT2D eigenvalue weighted by Gasteiger charge is 2.20. The average molecular weight is 257 g/mol. The summed E-state index contributed by atoms with van der Waals surface area (Å²) in [6.07, 6.45) is 0.816. The lowest BCUT2D eigenvalue weighted by Gasteiger charge is -2.18. The van der Waals surface area contributed by atoms with Crippen molar-refractivity contribution < 1.29 is 9.90 Å². The lowest BCUT2D eigenvalue weighted by atomic mass is 9.99. The number of amides is 1. The second-order valence-electron chi connectivity index (χ2n) is 4.06. The van der Waals surface area contributed by atoms with Crippen LogP contribution in [0.15, 0.2) is 18.2 Å². The smallest absolute Gasteiger partial charge is 0.241 e. The van der Waals surface area contributed by atoms with Gasteiger partial charge >= 0.3 is 0 Å². The molecule has 2 atom stereocenters. The Hall–Kier alpha value is -1.26. The van der Waals surface area contributed by atoms with Gasteiger partial charge in [-0.15, -0.1) is 0 Å². The summed E-state index contributed by atoms with van der Waals surface area (Å²) in [6, 6.07) is 3.85. The molecule has 1 aromatic carbocycles. The van der Waals surface area contributed by atoms with Gasteiger partial charge in [0.2, 0.25) is 5.91 Å². The molecule has 0 heterocycles. The number of phenolic OH excluding ortho intramolecular Hbond substituents is 1. The molecule has 4 nitrogen and oxygen atoms in total. The molecule has 1 aromatic rings. The maximum atomic E-state index is 11.8. The highest BCUT2D eigenvalue weighted by atomic mass is 35.5. The van der Waals surface area contributed by atoms with E-state index in [4.69, 9.17) is 17.3 Å². The Morgan fingerprint density at radius 1 is 1.59 bits per heavy atom. The van der Waals surface area contributed by atoms with E-state index in [2.05, 4.69) is 5.32 Å². The highest BCUT2D eigenvalue weighted by molar-refractivity contribution is 6.31. The third kappa shape index (κ3) is 3.61. The summed E-state index contributed by atoms with van der Waals surface area (Å²) in [4.78, 5) is 11.8. The Balaban J connectivity index is 2.77. The van der Waals surface area contributed by atoms with E-state index >= 15 is 0 Å². The topological polar surface area (TPSA) is 75.4 Å². The quantitative estimate of drug-likeness (QED) is 0.724. The molecule has 4 N–H and O–H groups in total. The monoisotopic (exact) mass is 256 g/mol. The largest absolute Gasteiger partial charge is 0.506 e. The van der Waals surface area contributed by atoms with Crippen LogP contribution in [0, 0.1) is 5.92 Å². The van der Waals surface area contributed by atoms with Crippen LogP contribution in [-0.2, 0) is 4.79 Å². The molecule has 2 unspecified atom stereocenters. The highest BCUT2D eigenvalue weighted by Crippen LogP contribution is 2.26. The first-order valence-corrected chi connectivity index (χ1v) is 5.88. The molecule has 0 saturated carbocycles. The van der Waals surface area contributed by atoms with Crippen LogP contribution in [-0.4, -0.2) is 17.1 Å².